The summed E-state index contributed by atoms with van der Waals surface area (Å²) >= 11 is 0. The van der Waals surface area contributed by atoms with Gasteiger partial charge in [-0.05, 0) is 38.1 Å². The predicted molar refractivity (Wildman–Crippen MR) is 71.2 cm³/mol. The molecule has 0 aliphatic heterocycles. The summed E-state index contributed by atoms with van der Waals surface area (Å²) in [5, 5.41) is 8.37. The lowest BCUT2D eigenvalue weighted by Gasteiger charge is -2.12. The lowest BCUT2D eigenvalue weighted by Crippen LogP contribution is -2.20. The standard InChI is InChI=1S/C14H18O6/c1-10(15)11(2)20-13-5-3-12(4-6-13)19-8-7-18-9-14(16)17/h3-6,11H,7-9H2,1-2H3,(H,16,17). The number of carboxylic acids is 1. The largest absolute Gasteiger partial charge is 0.491 e. The van der Waals surface area contributed by atoms with Gasteiger partial charge in [-0.25, -0.2) is 4.79 Å². The second kappa shape index (κ2) is 8.16. The Morgan fingerprint density at radius 1 is 1.15 bits per heavy atom. The van der Waals surface area contributed by atoms with Crippen LogP contribution in [0.1, 0.15) is 13.8 Å². The molecule has 110 valence electrons. The van der Waals surface area contributed by atoms with Crippen molar-refractivity contribution in [2.75, 3.05) is 19.8 Å². The van der Waals surface area contributed by atoms with E-state index in [1.54, 1.807) is 31.2 Å². The molecule has 0 bridgehead atoms. The lowest BCUT2D eigenvalue weighted by molar-refractivity contribution is -0.142. The van der Waals surface area contributed by atoms with Crippen LogP contribution in [0.5, 0.6) is 11.5 Å². The maximum atomic E-state index is 11.1. The van der Waals surface area contributed by atoms with Crippen molar-refractivity contribution in [3.8, 4) is 11.5 Å². The first-order chi connectivity index (χ1) is 9.49. The Morgan fingerprint density at radius 3 is 2.30 bits per heavy atom. The Kier molecular flexibility index (Phi) is 6.52. The summed E-state index contributed by atoms with van der Waals surface area (Å²) in [5.74, 6) is 0.154. The van der Waals surface area contributed by atoms with E-state index in [4.69, 9.17) is 19.3 Å². The van der Waals surface area contributed by atoms with Gasteiger partial charge in [0.2, 0.25) is 0 Å². The van der Waals surface area contributed by atoms with Gasteiger partial charge in [0.15, 0.2) is 11.9 Å². The van der Waals surface area contributed by atoms with Crippen LogP contribution in [0.25, 0.3) is 0 Å². The number of aliphatic carboxylic acids is 1. The Hall–Kier alpha value is -2.08. The molecule has 20 heavy (non-hydrogen) atoms. The van der Waals surface area contributed by atoms with Gasteiger partial charge >= 0.3 is 5.97 Å². The number of benzene rings is 1. The Balaban J connectivity index is 2.31. The maximum Gasteiger partial charge on any atom is 0.329 e. The second-order valence-corrected chi connectivity index (χ2v) is 4.14. The molecule has 1 rings (SSSR count). The van der Waals surface area contributed by atoms with Crippen molar-refractivity contribution in [1.29, 1.82) is 0 Å². The SMILES string of the molecule is CC(=O)C(C)Oc1ccc(OCCOCC(=O)O)cc1. The molecule has 0 radical (unpaired) electrons. The van der Waals surface area contributed by atoms with E-state index in [0.717, 1.165) is 0 Å². The van der Waals surface area contributed by atoms with Crippen LogP contribution in [0.2, 0.25) is 0 Å². The van der Waals surface area contributed by atoms with E-state index in [2.05, 4.69) is 0 Å². The molecule has 0 aliphatic rings. The van der Waals surface area contributed by atoms with E-state index >= 15 is 0 Å². The molecular weight excluding hydrogens is 264 g/mol. The molecule has 0 aromatic heterocycles. The fourth-order valence-corrected chi connectivity index (χ4v) is 1.28. The van der Waals surface area contributed by atoms with E-state index in [-0.39, 0.29) is 25.6 Å². The zero-order valence-corrected chi connectivity index (χ0v) is 11.5. The normalized spacial score (nSPS) is 11.7. The molecule has 1 N–H and O–H groups in total. The van der Waals surface area contributed by atoms with Gasteiger partial charge in [-0.1, -0.05) is 0 Å². The highest BCUT2D eigenvalue weighted by atomic mass is 16.5. The minimum atomic E-state index is -1.01. The highest BCUT2D eigenvalue weighted by Gasteiger charge is 2.08. The highest BCUT2D eigenvalue weighted by Crippen LogP contribution is 2.18. The second-order valence-electron chi connectivity index (χ2n) is 4.14. The van der Waals surface area contributed by atoms with E-state index in [0.29, 0.717) is 11.5 Å². The number of ketones is 1. The minimum absolute atomic E-state index is 0.0408. The summed E-state index contributed by atoms with van der Waals surface area (Å²) < 4.78 is 15.6. The summed E-state index contributed by atoms with van der Waals surface area (Å²) in [6, 6.07) is 6.82. The number of hydrogen-bond acceptors (Lipinski definition) is 5. The smallest absolute Gasteiger partial charge is 0.329 e. The van der Waals surface area contributed by atoms with Gasteiger partial charge in [0.05, 0.1) is 6.61 Å². The van der Waals surface area contributed by atoms with Crippen LogP contribution in [0.4, 0.5) is 0 Å². The summed E-state index contributed by atoms with van der Waals surface area (Å²) in [7, 11) is 0. The van der Waals surface area contributed by atoms with Crippen LogP contribution in [0.3, 0.4) is 0 Å². The molecule has 0 amide bonds. The first-order valence-electron chi connectivity index (χ1n) is 6.18. The minimum Gasteiger partial charge on any atom is -0.491 e. The number of rotatable bonds is 9. The van der Waals surface area contributed by atoms with Gasteiger partial charge in [0.1, 0.15) is 24.7 Å². The van der Waals surface area contributed by atoms with E-state index in [1.807, 2.05) is 0 Å². The van der Waals surface area contributed by atoms with Crippen molar-refractivity contribution in [3.05, 3.63) is 24.3 Å². The van der Waals surface area contributed by atoms with Crippen molar-refractivity contribution in [1.82, 2.24) is 0 Å². The summed E-state index contributed by atoms with van der Waals surface area (Å²) in [6.07, 6.45) is -0.480. The van der Waals surface area contributed by atoms with Gasteiger partial charge in [0, 0.05) is 0 Å². The zero-order chi connectivity index (χ0) is 15.0. The molecule has 1 aromatic carbocycles. The van der Waals surface area contributed by atoms with Gasteiger partial charge in [0.25, 0.3) is 0 Å². The van der Waals surface area contributed by atoms with Crippen LogP contribution >= 0.6 is 0 Å². The van der Waals surface area contributed by atoms with Crippen LogP contribution in [0, 0.1) is 0 Å². The summed E-state index contributed by atoms with van der Waals surface area (Å²) in [4.78, 5) is 21.3. The van der Waals surface area contributed by atoms with Crippen molar-refractivity contribution in [2.24, 2.45) is 0 Å². The molecule has 1 atom stereocenters. The topological polar surface area (TPSA) is 82.1 Å². The molecule has 0 heterocycles. The number of carbonyl (C=O) groups is 2. The van der Waals surface area contributed by atoms with Crippen LogP contribution < -0.4 is 9.47 Å². The molecule has 0 saturated heterocycles. The number of carboxylic acid groups (broad SMARTS) is 1. The Morgan fingerprint density at radius 2 is 1.75 bits per heavy atom. The quantitative estimate of drug-likeness (QED) is 0.692. The predicted octanol–water partition coefficient (Wildman–Crippen LogP) is 1.52. The average Bonchev–Trinajstić information content (AvgIpc) is 2.39. The van der Waals surface area contributed by atoms with E-state index in [9.17, 15) is 9.59 Å². The van der Waals surface area contributed by atoms with Gasteiger partial charge in [-0.3, -0.25) is 4.79 Å². The summed E-state index contributed by atoms with van der Waals surface area (Å²) in [5.41, 5.74) is 0. The number of Topliss-reactive ketones (excluding diaryl/α,β-unsaturated/α-hetero) is 1. The van der Waals surface area contributed by atoms with Gasteiger partial charge < -0.3 is 19.3 Å². The molecular formula is C14H18O6. The number of hydrogen-bond donors (Lipinski definition) is 1. The highest BCUT2D eigenvalue weighted by molar-refractivity contribution is 5.80. The monoisotopic (exact) mass is 282 g/mol. The first-order valence-corrected chi connectivity index (χ1v) is 6.18. The maximum absolute atomic E-state index is 11.1. The first kappa shape index (κ1) is 16.0. The molecule has 0 aliphatic carbocycles. The Bertz CT molecular complexity index is 439. The van der Waals surface area contributed by atoms with Crippen LogP contribution in [0.15, 0.2) is 24.3 Å². The van der Waals surface area contributed by atoms with Gasteiger partial charge in [-0.2, -0.15) is 0 Å². The fraction of sp³-hybridized carbons (Fsp3) is 0.429. The molecule has 6 heteroatoms. The summed E-state index contributed by atoms with van der Waals surface area (Å²) in [6.45, 7) is 3.29. The van der Waals surface area contributed by atoms with Crippen LogP contribution in [-0.4, -0.2) is 42.8 Å². The van der Waals surface area contributed by atoms with E-state index < -0.39 is 12.1 Å². The molecule has 1 unspecified atom stereocenters. The average molecular weight is 282 g/mol. The Labute approximate surface area is 117 Å². The number of carbonyl (C=O) groups excluding carboxylic acids is 1. The fourth-order valence-electron chi connectivity index (χ4n) is 1.28. The van der Waals surface area contributed by atoms with Crippen molar-refractivity contribution >= 4 is 11.8 Å². The van der Waals surface area contributed by atoms with E-state index in [1.165, 1.54) is 6.92 Å². The molecule has 6 nitrogen and oxygen atoms in total. The number of ether oxygens (including phenoxy) is 3. The third-order valence-corrected chi connectivity index (χ3v) is 2.43. The van der Waals surface area contributed by atoms with Gasteiger partial charge in [-0.15, -0.1) is 0 Å². The molecule has 0 fully saturated rings. The third kappa shape index (κ3) is 6.19. The molecule has 0 spiro atoms. The zero-order valence-electron chi connectivity index (χ0n) is 11.5. The molecule has 1 aromatic rings. The van der Waals surface area contributed by atoms with Crippen LogP contribution in [-0.2, 0) is 14.3 Å². The molecule has 0 saturated carbocycles. The van der Waals surface area contributed by atoms with Crippen molar-refractivity contribution < 1.29 is 28.9 Å². The van der Waals surface area contributed by atoms with Crippen molar-refractivity contribution in [3.63, 3.8) is 0 Å². The lowest BCUT2D eigenvalue weighted by atomic mass is 10.3. The van der Waals surface area contributed by atoms with Crippen molar-refractivity contribution in [2.45, 2.75) is 20.0 Å². The third-order valence-electron chi connectivity index (χ3n) is 2.43.